The molecule has 3 heterocycles. The van der Waals surface area contributed by atoms with Crippen molar-refractivity contribution in [3.05, 3.63) is 10.7 Å². The van der Waals surface area contributed by atoms with Gasteiger partial charge in [-0.2, -0.15) is 19.6 Å². The summed E-state index contributed by atoms with van der Waals surface area (Å²) < 4.78 is 13.6. The molecule has 1 aliphatic carbocycles. The molecule has 10 heteroatoms. The topological polar surface area (TPSA) is 93.9 Å². The maximum atomic E-state index is 13.3. The van der Waals surface area contributed by atoms with Crippen LogP contribution >= 0.6 is 15.9 Å². The van der Waals surface area contributed by atoms with E-state index in [9.17, 15) is 4.79 Å². The van der Waals surface area contributed by atoms with Crippen molar-refractivity contribution in [2.75, 3.05) is 30.0 Å². The Balaban J connectivity index is 1.72. The Morgan fingerprint density at radius 2 is 1.97 bits per heavy atom. The summed E-state index contributed by atoms with van der Waals surface area (Å²) in [6, 6.07) is 0.350. The molecule has 2 fully saturated rings. The Bertz CT molecular complexity index is 916. The van der Waals surface area contributed by atoms with Crippen molar-refractivity contribution in [2.45, 2.75) is 70.9 Å². The molecule has 2 aromatic rings. The quantitative estimate of drug-likeness (QED) is 0.657. The first-order chi connectivity index (χ1) is 14.8. The molecule has 170 valence electrons. The number of halogens is 1. The molecule has 0 unspecified atom stereocenters. The van der Waals surface area contributed by atoms with Crippen LogP contribution in [0.4, 0.5) is 16.7 Å². The van der Waals surface area contributed by atoms with Crippen LogP contribution in [0, 0.1) is 5.92 Å². The zero-order valence-electron chi connectivity index (χ0n) is 18.4. The monoisotopic (exact) mass is 494 g/mol. The van der Waals surface area contributed by atoms with Gasteiger partial charge in [0.25, 0.3) is 0 Å². The van der Waals surface area contributed by atoms with Crippen LogP contribution in [-0.2, 0) is 9.47 Å². The molecule has 1 saturated heterocycles. The van der Waals surface area contributed by atoms with Gasteiger partial charge in [-0.25, -0.2) is 9.69 Å². The van der Waals surface area contributed by atoms with Crippen LogP contribution in [0.1, 0.15) is 59.3 Å². The number of hydrogen-bond donors (Lipinski definition) is 1. The van der Waals surface area contributed by atoms with Gasteiger partial charge in [-0.05, 0) is 68.3 Å². The van der Waals surface area contributed by atoms with Crippen LogP contribution in [0.15, 0.2) is 10.7 Å². The molecule has 0 spiro atoms. The molecule has 1 saturated carbocycles. The first kappa shape index (κ1) is 22.3. The van der Waals surface area contributed by atoms with Gasteiger partial charge >= 0.3 is 6.09 Å². The van der Waals surface area contributed by atoms with Crippen LogP contribution in [0.3, 0.4) is 0 Å². The highest BCUT2D eigenvalue weighted by Crippen LogP contribution is 2.28. The van der Waals surface area contributed by atoms with Crippen molar-refractivity contribution in [1.29, 1.82) is 0 Å². The van der Waals surface area contributed by atoms with E-state index in [-0.39, 0.29) is 0 Å². The largest absolute Gasteiger partial charge is 0.443 e. The van der Waals surface area contributed by atoms with Gasteiger partial charge in [0.15, 0.2) is 5.65 Å². The van der Waals surface area contributed by atoms with Gasteiger partial charge < -0.3 is 14.8 Å². The van der Waals surface area contributed by atoms with E-state index in [1.165, 1.54) is 12.8 Å². The molecule has 1 N–H and O–H groups in total. The van der Waals surface area contributed by atoms with Crippen LogP contribution in [0.2, 0.25) is 0 Å². The summed E-state index contributed by atoms with van der Waals surface area (Å²) in [7, 11) is 0. The molecule has 4 rings (SSSR count). The van der Waals surface area contributed by atoms with Gasteiger partial charge in [0, 0.05) is 25.8 Å². The predicted molar refractivity (Wildman–Crippen MR) is 121 cm³/mol. The number of nitrogens with one attached hydrogen (secondary N) is 1. The number of nitrogens with zero attached hydrogens (tertiary/aromatic N) is 5. The lowest BCUT2D eigenvalue weighted by molar-refractivity contribution is 0.0511. The summed E-state index contributed by atoms with van der Waals surface area (Å²) in [6.45, 7) is 7.49. The Labute approximate surface area is 191 Å². The molecule has 0 radical (unpaired) electrons. The second-order valence-corrected chi connectivity index (χ2v) is 10.2. The average molecular weight is 495 g/mol. The number of ether oxygens (including phenoxy) is 2. The summed E-state index contributed by atoms with van der Waals surface area (Å²) in [6.07, 6.45) is 7.64. The van der Waals surface area contributed by atoms with E-state index in [1.807, 2.05) is 20.8 Å². The lowest BCUT2D eigenvalue weighted by Crippen LogP contribution is -2.42. The van der Waals surface area contributed by atoms with Crippen LogP contribution in [-0.4, -0.2) is 57.1 Å². The van der Waals surface area contributed by atoms with Gasteiger partial charge in [0.05, 0.1) is 10.7 Å². The Morgan fingerprint density at radius 1 is 1.26 bits per heavy atom. The van der Waals surface area contributed by atoms with Crippen molar-refractivity contribution in [3.8, 4) is 0 Å². The van der Waals surface area contributed by atoms with Gasteiger partial charge in [-0.15, -0.1) is 0 Å². The number of rotatable bonds is 5. The summed E-state index contributed by atoms with van der Waals surface area (Å²) in [4.78, 5) is 24.3. The van der Waals surface area contributed by atoms with E-state index in [4.69, 9.17) is 14.5 Å². The zero-order chi connectivity index (χ0) is 22.0. The van der Waals surface area contributed by atoms with Gasteiger partial charge in [0.2, 0.25) is 11.9 Å². The zero-order valence-corrected chi connectivity index (χ0v) is 20.0. The SMILES string of the molecule is CC(C)(C)OC(=O)N(CC1CCOCC1)c1nc(NC2CCCC2)nc2c(Br)cnn12. The number of carbonyl (C=O) groups excluding carboxylic acids is 1. The normalized spacial score (nSPS) is 18.5. The second-order valence-electron chi connectivity index (χ2n) is 9.35. The molecule has 1 amide bonds. The van der Waals surface area contributed by atoms with Gasteiger partial charge in [-0.1, -0.05) is 12.8 Å². The van der Waals surface area contributed by atoms with Gasteiger partial charge in [-0.3, -0.25) is 0 Å². The minimum Gasteiger partial charge on any atom is -0.443 e. The van der Waals surface area contributed by atoms with E-state index >= 15 is 0 Å². The molecular weight excluding hydrogens is 464 g/mol. The first-order valence-corrected chi connectivity index (χ1v) is 11.9. The maximum absolute atomic E-state index is 13.3. The molecule has 1 aliphatic heterocycles. The summed E-state index contributed by atoms with van der Waals surface area (Å²) in [5, 5.41) is 7.88. The minimum atomic E-state index is -0.618. The third-order valence-corrected chi connectivity index (χ3v) is 6.19. The highest BCUT2D eigenvalue weighted by molar-refractivity contribution is 9.10. The second kappa shape index (κ2) is 9.28. The minimum absolute atomic E-state index is 0.302. The molecule has 0 bridgehead atoms. The Kier molecular flexibility index (Phi) is 6.66. The highest BCUT2D eigenvalue weighted by atomic mass is 79.9. The Hall–Kier alpha value is -1.94. The first-order valence-electron chi connectivity index (χ1n) is 11.1. The molecule has 0 aromatic carbocycles. The average Bonchev–Trinajstić information content (AvgIpc) is 3.35. The van der Waals surface area contributed by atoms with Crippen LogP contribution in [0.25, 0.3) is 5.65 Å². The van der Waals surface area contributed by atoms with E-state index < -0.39 is 11.7 Å². The van der Waals surface area contributed by atoms with Crippen LogP contribution < -0.4 is 10.2 Å². The van der Waals surface area contributed by atoms with Crippen molar-refractivity contribution < 1.29 is 14.3 Å². The lowest BCUT2D eigenvalue weighted by atomic mass is 10.00. The number of fused-ring (bicyclic) bond motifs is 1. The van der Waals surface area contributed by atoms with Crippen molar-refractivity contribution in [1.82, 2.24) is 19.6 Å². The molecular formula is C21H31BrN6O3. The standard InChI is InChI=1S/C21H31BrN6O3/c1-21(2,3)31-20(29)27(13-14-8-10-30-11-9-14)19-26-18(24-15-6-4-5-7-15)25-17-16(22)12-23-28(17)19/h12,14-15H,4-11,13H2,1-3H3,(H,24,25). The van der Waals surface area contributed by atoms with Gasteiger partial charge in [0.1, 0.15) is 5.60 Å². The fourth-order valence-corrected chi connectivity index (χ4v) is 4.42. The Morgan fingerprint density at radius 3 is 2.65 bits per heavy atom. The molecule has 2 aromatic heterocycles. The number of hydrogen-bond acceptors (Lipinski definition) is 7. The number of carbonyl (C=O) groups is 1. The van der Waals surface area contributed by atoms with Crippen molar-refractivity contribution in [2.24, 2.45) is 5.92 Å². The molecule has 31 heavy (non-hydrogen) atoms. The van der Waals surface area contributed by atoms with Crippen molar-refractivity contribution >= 4 is 39.6 Å². The van der Waals surface area contributed by atoms with E-state index in [0.717, 1.165) is 30.2 Å². The summed E-state index contributed by atoms with van der Waals surface area (Å²) in [5.74, 6) is 1.23. The third kappa shape index (κ3) is 5.46. The van der Waals surface area contributed by atoms with E-state index in [0.29, 0.717) is 49.3 Å². The molecule has 2 aliphatic rings. The lowest BCUT2D eigenvalue weighted by Gasteiger charge is -2.31. The summed E-state index contributed by atoms with van der Waals surface area (Å²) in [5.41, 5.74) is -0.00157. The molecule has 0 atom stereocenters. The van der Waals surface area contributed by atoms with Crippen LogP contribution in [0.5, 0.6) is 0 Å². The summed E-state index contributed by atoms with van der Waals surface area (Å²) >= 11 is 3.53. The predicted octanol–water partition coefficient (Wildman–Crippen LogP) is 4.41. The molecule has 9 nitrogen and oxygen atoms in total. The fourth-order valence-electron chi connectivity index (χ4n) is 4.07. The highest BCUT2D eigenvalue weighted by Gasteiger charge is 2.31. The number of amides is 1. The number of anilines is 2. The van der Waals surface area contributed by atoms with E-state index in [1.54, 1.807) is 15.6 Å². The van der Waals surface area contributed by atoms with E-state index in [2.05, 4.69) is 31.3 Å². The fraction of sp³-hybridized carbons (Fsp3) is 0.714. The third-order valence-electron chi connectivity index (χ3n) is 5.63. The maximum Gasteiger partial charge on any atom is 0.417 e. The number of aromatic nitrogens is 4. The van der Waals surface area contributed by atoms with Crippen molar-refractivity contribution in [3.63, 3.8) is 0 Å². The smallest absolute Gasteiger partial charge is 0.417 e.